The van der Waals surface area contributed by atoms with E-state index >= 15 is 0 Å². The smallest absolute Gasteiger partial charge is 0.243 e. The average Bonchev–Trinajstić information content (AvgIpc) is 2.93. The van der Waals surface area contributed by atoms with Crippen molar-refractivity contribution in [1.82, 2.24) is 9.29 Å². The highest BCUT2D eigenvalue weighted by Crippen LogP contribution is 2.30. The van der Waals surface area contributed by atoms with Gasteiger partial charge < -0.3 is 4.98 Å². The highest BCUT2D eigenvalue weighted by molar-refractivity contribution is 7.89. The van der Waals surface area contributed by atoms with Crippen molar-refractivity contribution in [2.24, 2.45) is 0 Å². The minimum atomic E-state index is -3.51. The molecular weight excluding hydrogens is 332 g/mol. The SMILES string of the molecule is O=S(=O)(c1ccc(Cl)cc1)N1CCc2[nH]c3ccccc3c2C1. The summed E-state index contributed by atoms with van der Waals surface area (Å²) in [6, 6.07) is 14.3. The molecule has 0 saturated carbocycles. The maximum atomic E-state index is 12.8. The Labute approximate surface area is 139 Å². The van der Waals surface area contributed by atoms with Gasteiger partial charge in [-0.15, -0.1) is 0 Å². The minimum absolute atomic E-state index is 0.283. The van der Waals surface area contributed by atoms with E-state index < -0.39 is 10.0 Å². The first kappa shape index (κ1) is 14.8. The molecular formula is C17H15ClN2O2S. The number of hydrogen-bond donors (Lipinski definition) is 1. The Hall–Kier alpha value is -1.82. The molecule has 0 spiro atoms. The molecule has 0 aliphatic carbocycles. The first-order valence-corrected chi connectivity index (χ1v) is 9.22. The Balaban J connectivity index is 1.73. The van der Waals surface area contributed by atoms with Crippen molar-refractivity contribution in [3.05, 3.63) is 64.8 Å². The molecule has 0 fully saturated rings. The molecule has 0 saturated heterocycles. The topological polar surface area (TPSA) is 53.2 Å². The molecule has 0 radical (unpaired) electrons. The Kier molecular flexibility index (Phi) is 3.44. The Bertz CT molecular complexity index is 978. The second-order valence-electron chi connectivity index (χ2n) is 5.67. The number of rotatable bonds is 2. The summed E-state index contributed by atoms with van der Waals surface area (Å²) in [6.45, 7) is 0.870. The van der Waals surface area contributed by atoms with Gasteiger partial charge in [0.25, 0.3) is 0 Å². The van der Waals surface area contributed by atoms with E-state index in [4.69, 9.17) is 11.6 Å². The first-order chi connectivity index (χ1) is 11.1. The zero-order chi connectivity index (χ0) is 16.0. The van der Waals surface area contributed by atoms with Crippen LogP contribution in [-0.4, -0.2) is 24.3 Å². The third-order valence-corrected chi connectivity index (χ3v) is 6.41. The Morgan fingerprint density at radius 2 is 1.78 bits per heavy atom. The first-order valence-electron chi connectivity index (χ1n) is 7.40. The number of halogens is 1. The van der Waals surface area contributed by atoms with Crippen LogP contribution in [0.4, 0.5) is 0 Å². The second kappa shape index (κ2) is 5.37. The fraction of sp³-hybridized carbons (Fsp3) is 0.176. The third kappa shape index (κ3) is 2.45. The van der Waals surface area contributed by atoms with E-state index in [0.717, 1.165) is 22.2 Å². The predicted octanol–water partition coefficient (Wildman–Crippen LogP) is 3.57. The number of nitrogens with one attached hydrogen (secondary N) is 1. The van der Waals surface area contributed by atoms with Crippen LogP contribution in [-0.2, 0) is 23.0 Å². The van der Waals surface area contributed by atoms with Gasteiger partial charge in [-0.25, -0.2) is 8.42 Å². The highest BCUT2D eigenvalue weighted by Gasteiger charge is 2.30. The van der Waals surface area contributed by atoms with Crippen molar-refractivity contribution in [2.45, 2.75) is 17.9 Å². The number of aromatic nitrogens is 1. The molecule has 118 valence electrons. The van der Waals surface area contributed by atoms with E-state index in [0.29, 0.717) is 24.5 Å². The minimum Gasteiger partial charge on any atom is -0.358 e. The molecule has 4 nitrogen and oxygen atoms in total. The zero-order valence-electron chi connectivity index (χ0n) is 12.3. The van der Waals surface area contributed by atoms with E-state index in [9.17, 15) is 8.42 Å². The van der Waals surface area contributed by atoms with Crippen LogP contribution in [0.25, 0.3) is 10.9 Å². The molecule has 1 N–H and O–H groups in total. The maximum absolute atomic E-state index is 12.8. The van der Waals surface area contributed by atoms with Crippen LogP contribution in [0.3, 0.4) is 0 Å². The number of nitrogens with zero attached hydrogens (tertiary/aromatic N) is 1. The number of aromatic amines is 1. The number of para-hydroxylation sites is 1. The van der Waals surface area contributed by atoms with Gasteiger partial charge in [-0.05, 0) is 35.9 Å². The van der Waals surface area contributed by atoms with Gasteiger partial charge in [0, 0.05) is 41.1 Å². The number of H-pyrrole nitrogens is 1. The van der Waals surface area contributed by atoms with Gasteiger partial charge in [0.1, 0.15) is 0 Å². The van der Waals surface area contributed by atoms with Crippen LogP contribution in [0, 0.1) is 0 Å². The summed E-state index contributed by atoms with van der Waals surface area (Å²) in [7, 11) is -3.51. The van der Waals surface area contributed by atoms with Crippen molar-refractivity contribution in [2.75, 3.05) is 6.54 Å². The van der Waals surface area contributed by atoms with E-state index in [1.165, 1.54) is 0 Å². The van der Waals surface area contributed by atoms with Crippen LogP contribution >= 0.6 is 11.6 Å². The lowest BCUT2D eigenvalue weighted by Gasteiger charge is -2.26. The van der Waals surface area contributed by atoms with Crippen LogP contribution < -0.4 is 0 Å². The molecule has 0 atom stereocenters. The molecule has 2 heterocycles. The molecule has 4 rings (SSSR count). The summed E-state index contributed by atoms with van der Waals surface area (Å²) < 4.78 is 27.2. The highest BCUT2D eigenvalue weighted by atomic mass is 35.5. The molecule has 1 aliphatic heterocycles. The van der Waals surface area contributed by atoms with E-state index in [-0.39, 0.29) is 4.90 Å². The van der Waals surface area contributed by atoms with Crippen molar-refractivity contribution >= 4 is 32.5 Å². The third-order valence-electron chi connectivity index (χ3n) is 4.30. The van der Waals surface area contributed by atoms with E-state index in [1.807, 2.05) is 24.3 Å². The number of sulfonamides is 1. The summed E-state index contributed by atoms with van der Waals surface area (Å²) in [4.78, 5) is 3.68. The predicted molar refractivity (Wildman–Crippen MR) is 91.1 cm³/mol. The molecule has 3 aromatic rings. The van der Waals surface area contributed by atoms with Gasteiger partial charge in [0.2, 0.25) is 10.0 Å². The quantitative estimate of drug-likeness (QED) is 0.771. The summed E-state index contributed by atoms with van der Waals surface area (Å²) >= 11 is 5.85. The Morgan fingerprint density at radius 3 is 2.57 bits per heavy atom. The number of benzene rings is 2. The lowest BCUT2D eigenvalue weighted by atomic mass is 10.1. The average molecular weight is 347 g/mol. The van der Waals surface area contributed by atoms with Gasteiger partial charge in [-0.3, -0.25) is 0 Å². The van der Waals surface area contributed by atoms with Crippen LogP contribution in [0.1, 0.15) is 11.3 Å². The molecule has 6 heteroatoms. The van der Waals surface area contributed by atoms with Crippen molar-refractivity contribution in [1.29, 1.82) is 0 Å². The maximum Gasteiger partial charge on any atom is 0.243 e. The molecule has 0 unspecified atom stereocenters. The van der Waals surface area contributed by atoms with Crippen molar-refractivity contribution in [3.8, 4) is 0 Å². The standard InChI is InChI=1S/C17H15ClN2O2S/c18-12-5-7-13(8-6-12)23(21,22)20-10-9-17-15(11-20)14-3-1-2-4-16(14)19-17/h1-8,19H,9-11H2. The summed E-state index contributed by atoms with van der Waals surface area (Å²) in [5.41, 5.74) is 3.27. The van der Waals surface area contributed by atoms with Crippen LogP contribution in [0.15, 0.2) is 53.4 Å². The lowest BCUT2D eigenvalue weighted by molar-refractivity contribution is 0.391. The van der Waals surface area contributed by atoms with E-state index in [1.54, 1.807) is 28.6 Å². The number of hydrogen-bond acceptors (Lipinski definition) is 2. The molecule has 0 amide bonds. The molecule has 1 aromatic heterocycles. The van der Waals surface area contributed by atoms with Gasteiger partial charge in [0.15, 0.2) is 0 Å². The fourth-order valence-electron chi connectivity index (χ4n) is 3.10. The molecule has 0 bridgehead atoms. The van der Waals surface area contributed by atoms with Crippen LogP contribution in [0.5, 0.6) is 0 Å². The second-order valence-corrected chi connectivity index (χ2v) is 8.04. The Morgan fingerprint density at radius 1 is 1.04 bits per heavy atom. The van der Waals surface area contributed by atoms with Gasteiger partial charge in [0.05, 0.1) is 4.90 Å². The summed E-state index contributed by atoms with van der Waals surface area (Å²) in [6.07, 6.45) is 0.691. The lowest BCUT2D eigenvalue weighted by Crippen LogP contribution is -2.35. The van der Waals surface area contributed by atoms with Crippen LogP contribution in [0.2, 0.25) is 5.02 Å². The van der Waals surface area contributed by atoms with Crippen molar-refractivity contribution < 1.29 is 8.42 Å². The van der Waals surface area contributed by atoms with Gasteiger partial charge in [-0.2, -0.15) is 4.31 Å². The largest absolute Gasteiger partial charge is 0.358 e. The van der Waals surface area contributed by atoms with Gasteiger partial charge in [-0.1, -0.05) is 29.8 Å². The fourth-order valence-corrected chi connectivity index (χ4v) is 4.64. The monoisotopic (exact) mass is 346 g/mol. The normalized spacial score (nSPS) is 15.7. The number of fused-ring (bicyclic) bond motifs is 3. The van der Waals surface area contributed by atoms with Crippen molar-refractivity contribution in [3.63, 3.8) is 0 Å². The molecule has 2 aromatic carbocycles. The zero-order valence-corrected chi connectivity index (χ0v) is 13.9. The molecule has 23 heavy (non-hydrogen) atoms. The van der Waals surface area contributed by atoms with Gasteiger partial charge >= 0.3 is 0 Å². The summed E-state index contributed by atoms with van der Waals surface area (Å²) in [5.74, 6) is 0. The summed E-state index contributed by atoms with van der Waals surface area (Å²) in [5, 5.41) is 1.63. The molecule has 1 aliphatic rings. The van der Waals surface area contributed by atoms with E-state index in [2.05, 4.69) is 4.98 Å².